The Labute approximate surface area is 208 Å². The van der Waals surface area contributed by atoms with Gasteiger partial charge in [0.1, 0.15) is 6.61 Å². The molecule has 35 heavy (non-hydrogen) atoms. The van der Waals surface area contributed by atoms with E-state index >= 15 is 0 Å². The number of benzene rings is 3. The number of para-hydroxylation sites is 1. The second-order valence-electron chi connectivity index (χ2n) is 7.78. The number of rotatable bonds is 8. The largest absolute Gasteiger partial charge is 0.490 e. The van der Waals surface area contributed by atoms with E-state index < -0.39 is 6.23 Å². The Morgan fingerprint density at radius 1 is 0.914 bits per heavy atom. The van der Waals surface area contributed by atoms with Gasteiger partial charge in [0.15, 0.2) is 23.4 Å². The molecule has 4 aromatic rings. The van der Waals surface area contributed by atoms with Crippen LogP contribution in [0.15, 0.2) is 78.0 Å². The van der Waals surface area contributed by atoms with Crippen molar-refractivity contribution in [2.24, 2.45) is 0 Å². The molecule has 5 rings (SSSR count). The molecule has 1 aliphatic rings. The molecule has 1 N–H and O–H groups in total. The number of fused-ring (bicyclic) bond motifs is 3. The molecule has 0 bridgehead atoms. The van der Waals surface area contributed by atoms with Gasteiger partial charge in [0.05, 0.1) is 6.61 Å². The fourth-order valence-corrected chi connectivity index (χ4v) is 4.30. The quantitative estimate of drug-likeness (QED) is 0.298. The van der Waals surface area contributed by atoms with Crippen LogP contribution in [0.5, 0.6) is 17.4 Å². The monoisotopic (exact) mass is 486 g/mol. The van der Waals surface area contributed by atoms with Gasteiger partial charge in [-0.25, -0.2) is 0 Å². The van der Waals surface area contributed by atoms with Gasteiger partial charge in [-0.2, -0.15) is 4.98 Å². The molecule has 0 spiro atoms. The van der Waals surface area contributed by atoms with Crippen molar-refractivity contribution in [2.75, 3.05) is 17.7 Å². The number of hydrogen-bond acceptors (Lipinski definition) is 8. The Morgan fingerprint density at radius 3 is 2.57 bits per heavy atom. The Hall–Kier alpha value is -3.78. The number of ether oxygens (including phenoxy) is 3. The summed E-state index contributed by atoms with van der Waals surface area (Å²) in [7, 11) is 0. The molecular weight excluding hydrogens is 460 g/mol. The first-order valence-corrected chi connectivity index (χ1v) is 12.6. The summed E-state index contributed by atoms with van der Waals surface area (Å²) < 4.78 is 18.4. The first-order valence-electron chi connectivity index (χ1n) is 11.6. The van der Waals surface area contributed by atoms with E-state index in [1.54, 1.807) is 0 Å². The van der Waals surface area contributed by atoms with Crippen molar-refractivity contribution in [3.63, 3.8) is 0 Å². The molecule has 2 heterocycles. The van der Waals surface area contributed by atoms with Gasteiger partial charge in [-0.3, -0.25) is 0 Å². The number of aromatic nitrogens is 3. The lowest BCUT2D eigenvalue weighted by molar-refractivity contribution is 0.223. The van der Waals surface area contributed by atoms with Gasteiger partial charge < -0.3 is 19.5 Å². The van der Waals surface area contributed by atoms with E-state index in [0.717, 1.165) is 28.1 Å². The summed E-state index contributed by atoms with van der Waals surface area (Å²) in [6.07, 6.45) is -0.504. The second-order valence-corrected chi connectivity index (χ2v) is 9.01. The molecule has 1 aliphatic heterocycles. The number of nitrogens with one attached hydrogen (secondary N) is 1. The molecule has 0 unspecified atom stereocenters. The smallest absolute Gasteiger partial charge is 0.247 e. The van der Waals surface area contributed by atoms with E-state index in [1.807, 2.05) is 79.7 Å². The predicted molar refractivity (Wildman–Crippen MR) is 137 cm³/mol. The van der Waals surface area contributed by atoms with Crippen molar-refractivity contribution >= 4 is 17.4 Å². The zero-order chi connectivity index (χ0) is 24.0. The van der Waals surface area contributed by atoms with Gasteiger partial charge in [-0.1, -0.05) is 67.2 Å². The van der Waals surface area contributed by atoms with Crippen LogP contribution in [0.25, 0.3) is 11.3 Å². The van der Waals surface area contributed by atoms with Gasteiger partial charge in [-0.15, -0.1) is 10.2 Å². The summed E-state index contributed by atoms with van der Waals surface area (Å²) in [5.41, 5.74) is 4.38. The maximum atomic E-state index is 6.38. The van der Waals surface area contributed by atoms with Gasteiger partial charge in [0.25, 0.3) is 0 Å². The molecule has 3 aromatic carbocycles. The summed E-state index contributed by atoms with van der Waals surface area (Å²) in [5, 5.41) is 12.8. The third-order valence-electron chi connectivity index (χ3n) is 5.41. The van der Waals surface area contributed by atoms with Crippen LogP contribution in [0.1, 0.15) is 31.2 Å². The molecule has 0 radical (unpaired) electrons. The van der Waals surface area contributed by atoms with Gasteiger partial charge in [0, 0.05) is 16.8 Å². The summed E-state index contributed by atoms with van der Waals surface area (Å²) in [4.78, 5) is 4.65. The highest BCUT2D eigenvalue weighted by Gasteiger charge is 2.26. The lowest BCUT2D eigenvalue weighted by Gasteiger charge is -2.21. The zero-order valence-corrected chi connectivity index (χ0v) is 20.4. The highest BCUT2D eigenvalue weighted by atomic mass is 32.2. The maximum absolute atomic E-state index is 6.38. The minimum Gasteiger partial charge on any atom is -0.490 e. The summed E-state index contributed by atoms with van der Waals surface area (Å²) >= 11 is 1.53. The standard InChI is InChI=1S/C27H26N4O3S/c1-3-32-23-16-19(14-15-22(23)33-17-18-10-6-5-7-11-18)25-28-21-13-9-8-12-20(21)24-26(34-25)29-27(31-30-24)35-4-2/h5-16,25,28H,3-4,17H2,1-2H3/t25-/m1/s1. The van der Waals surface area contributed by atoms with E-state index in [0.29, 0.717) is 41.4 Å². The topological polar surface area (TPSA) is 78.4 Å². The van der Waals surface area contributed by atoms with Crippen LogP contribution in [0.3, 0.4) is 0 Å². The van der Waals surface area contributed by atoms with E-state index in [2.05, 4.69) is 27.4 Å². The van der Waals surface area contributed by atoms with Gasteiger partial charge in [-0.05, 0) is 42.5 Å². The molecule has 1 atom stereocenters. The second kappa shape index (κ2) is 10.7. The SMILES string of the molecule is CCOc1cc([C@@H]2Nc3ccccc3-c3nnc(SCC)nc3O2)ccc1OCc1ccccc1. The van der Waals surface area contributed by atoms with Gasteiger partial charge in [0.2, 0.25) is 11.0 Å². The minimum absolute atomic E-state index is 0.445. The molecule has 7 nitrogen and oxygen atoms in total. The van der Waals surface area contributed by atoms with Crippen LogP contribution in [0.2, 0.25) is 0 Å². The molecule has 0 amide bonds. The van der Waals surface area contributed by atoms with Crippen molar-refractivity contribution < 1.29 is 14.2 Å². The molecule has 0 fully saturated rings. The molecule has 8 heteroatoms. The maximum Gasteiger partial charge on any atom is 0.247 e. The highest BCUT2D eigenvalue weighted by Crippen LogP contribution is 2.41. The van der Waals surface area contributed by atoms with Crippen LogP contribution in [0.4, 0.5) is 5.69 Å². The third kappa shape index (κ3) is 5.17. The number of anilines is 1. The Balaban J connectivity index is 1.47. The minimum atomic E-state index is -0.504. The van der Waals surface area contributed by atoms with Crippen LogP contribution in [0, 0.1) is 0 Å². The van der Waals surface area contributed by atoms with Crippen LogP contribution in [-0.4, -0.2) is 27.5 Å². The average Bonchev–Trinajstić information content (AvgIpc) is 3.05. The highest BCUT2D eigenvalue weighted by molar-refractivity contribution is 7.99. The number of thioether (sulfide) groups is 1. The first kappa shape index (κ1) is 23.0. The van der Waals surface area contributed by atoms with E-state index in [9.17, 15) is 0 Å². The number of hydrogen-bond donors (Lipinski definition) is 1. The molecule has 178 valence electrons. The summed E-state index contributed by atoms with van der Waals surface area (Å²) in [6.45, 7) is 4.98. The van der Waals surface area contributed by atoms with Crippen molar-refractivity contribution in [3.8, 4) is 28.6 Å². The molecule has 0 saturated carbocycles. The third-order valence-corrected chi connectivity index (χ3v) is 6.13. The Bertz CT molecular complexity index is 1300. The predicted octanol–water partition coefficient (Wildman–Crippen LogP) is 6.13. The summed E-state index contributed by atoms with van der Waals surface area (Å²) in [6, 6.07) is 23.8. The van der Waals surface area contributed by atoms with E-state index in [1.165, 1.54) is 11.8 Å². The van der Waals surface area contributed by atoms with Crippen molar-refractivity contribution in [1.29, 1.82) is 0 Å². The Morgan fingerprint density at radius 2 is 1.74 bits per heavy atom. The first-order chi connectivity index (χ1) is 17.2. The molecule has 0 saturated heterocycles. The van der Waals surface area contributed by atoms with Crippen molar-refractivity contribution in [3.05, 3.63) is 83.9 Å². The normalized spacial score (nSPS) is 14.1. The van der Waals surface area contributed by atoms with Crippen LogP contribution in [-0.2, 0) is 6.61 Å². The van der Waals surface area contributed by atoms with Crippen LogP contribution >= 0.6 is 11.8 Å². The Kier molecular flexibility index (Phi) is 6.99. The van der Waals surface area contributed by atoms with Crippen molar-refractivity contribution in [1.82, 2.24) is 15.2 Å². The van der Waals surface area contributed by atoms with Crippen molar-refractivity contribution in [2.45, 2.75) is 31.8 Å². The van der Waals surface area contributed by atoms with E-state index in [4.69, 9.17) is 14.2 Å². The molecule has 1 aromatic heterocycles. The lowest BCUT2D eigenvalue weighted by Crippen LogP contribution is -2.17. The van der Waals surface area contributed by atoms with Crippen LogP contribution < -0.4 is 19.5 Å². The fourth-order valence-electron chi connectivity index (χ4n) is 3.80. The average molecular weight is 487 g/mol. The zero-order valence-electron chi connectivity index (χ0n) is 19.6. The molecule has 0 aliphatic carbocycles. The van der Waals surface area contributed by atoms with E-state index in [-0.39, 0.29) is 0 Å². The summed E-state index contributed by atoms with van der Waals surface area (Å²) in [5.74, 6) is 2.63. The fraction of sp³-hybridized carbons (Fsp3) is 0.222. The van der Waals surface area contributed by atoms with Gasteiger partial charge >= 0.3 is 0 Å². The lowest BCUT2D eigenvalue weighted by atomic mass is 10.1. The number of nitrogens with zero attached hydrogens (tertiary/aromatic N) is 3. The molecular formula is C27H26N4O3S.